The minimum absolute atomic E-state index is 0.306. The molecule has 4 nitrogen and oxygen atoms in total. The van der Waals surface area contributed by atoms with Crippen LogP contribution in [0.3, 0.4) is 0 Å². The predicted octanol–water partition coefficient (Wildman–Crippen LogP) is 3.99. The van der Waals surface area contributed by atoms with Crippen LogP contribution in [-0.4, -0.2) is 16.5 Å². The first-order valence-corrected chi connectivity index (χ1v) is 6.67. The van der Waals surface area contributed by atoms with Crippen molar-refractivity contribution >= 4 is 21.7 Å². The maximum absolute atomic E-state index is 12.8. The van der Waals surface area contributed by atoms with Crippen molar-refractivity contribution in [3.05, 3.63) is 40.9 Å². The highest BCUT2D eigenvalue weighted by Gasteiger charge is 2.10. The van der Waals surface area contributed by atoms with Gasteiger partial charge in [-0.25, -0.2) is 14.4 Å². The number of anilines is 1. The smallest absolute Gasteiger partial charge is 0.238 e. The summed E-state index contributed by atoms with van der Waals surface area (Å²) >= 11 is 3.40. The molecule has 0 saturated carbocycles. The third-order valence-electron chi connectivity index (χ3n) is 2.33. The third kappa shape index (κ3) is 3.64. The third-order valence-corrected chi connectivity index (χ3v) is 3.04. The molecule has 0 atom stereocenters. The molecule has 100 valence electrons. The summed E-state index contributed by atoms with van der Waals surface area (Å²) in [5.74, 6) is 1.27. The second-order valence-corrected chi connectivity index (χ2v) is 4.62. The van der Waals surface area contributed by atoms with Crippen LogP contribution in [0.2, 0.25) is 0 Å². The van der Waals surface area contributed by atoms with E-state index in [1.54, 1.807) is 12.1 Å². The number of halogens is 2. The Morgan fingerprint density at radius 3 is 2.68 bits per heavy atom. The largest absolute Gasteiger partial charge is 0.438 e. The van der Waals surface area contributed by atoms with Gasteiger partial charge in [0.05, 0.1) is 0 Å². The van der Waals surface area contributed by atoms with Gasteiger partial charge in [0.2, 0.25) is 5.88 Å². The summed E-state index contributed by atoms with van der Waals surface area (Å²) < 4.78 is 19.0. The Bertz CT molecular complexity index is 548. The van der Waals surface area contributed by atoms with Crippen LogP contribution in [0.1, 0.15) is 13.3 Å². The maximum atomic E-state index is 12.8. The second-order valence-electron chi connectivity index (χ2n) is 3.82. The molecular weight excluding hydrogens is 313 g/mol. The maximum Gasteiger partial charge on any atom is 0.238 e. The Morgan fingerprint density at radius 2 is 2.00 bits per heavy atom. The number of aromatic nitrogens is 2. The van der Waals surface area contributed by atoms with Crippen molar-refractivity contribution < 1.29 is 9.13 Å². The van der Waals surface area contributed by atoms with Crippen molar-refractivity contribution in [2.45, 2.75) is 13.3 Å². The van der Waals surface area contributed by atoms with Gasteiger partial charge in [-0.05, 0) is 46.6 Å². The van der Waals surface area contributed by atoms with Crippen LogP contribution < -0.4 is 10.1 Å². The highest BCUT2D eigenvalue weighted by molar-refractivity contribution is 9.10. The summed E-state index contributed by atoms with van der Waals surface area (Å²) in [7, 11) is 0. The molecule has 0 spiro atoms. The quantitative estimate of drug-likeness (QED) is 0.902. The van der Waals surface area contributed by atoms with Gasteiger partial charge >= 0.3 is 0 Å². The first kappa shape index (κ1) is 13.7. The highest BCUT2D eigenvalue weighted by atomic mass is 79.9. The molecule has 1 N–H and O–H groups in total. The SMILES string of the molecule is CCCNc1ncnc(Oc2ccc(F)cc2)c1Br. The van der Waals surface area contributed by atoms with Crippen molar-refractivity contribution in [3.63, 3.8) is 0 Å². The van der Waals surface area contributed by atoms with Gasteiger partial charge in [-0.2, -0.15) is 0 Å². The molecule has 2 aromatic rings. The van der Waals surface area contributed by atoms with Gasteiger partial charge in [-0.1, -0.05) is 6.92 Å². The van der Waals surface area contributed by atoms with Crippen LogP contribution in [0.5, 0.6) is 11.6 Å². The van der Waals surface area contributed by atoms with Crippen LogP contribution in [-0.2, 0) is 0 Å². The Morgan fingerprint density at radius 1 is 1.26 bits per heavy atom. The molecule has 2 rings (SSSR count). The minimum atomic E-state index is -0.306. The van der Waals surface area contributed by atoms with E-state index >= 15 is 0 Å². The second kappa shape index (κ2) is 6.47. The van der Waals surface area contributed by atoms with E-state index in [0.29, 0.717) is 21.9 Å². The molecule has 0 aliphatic rings. The number of benzene rings is 1. The van der Waals surface area contributed by atoms with E-state index in [-0.39, 0.29) is 5.82 Å². The lowest BCUT2D eigenvalue weighted by Crippen LogP contribution is -2.04. The first-order chi connectivity index (χ1) is 9.20. The van der Waals surface area contributed by atoms with E-state index in [0.717, 1.165) is 13.0 Å². The molecule has 0 radical (unpaired) electrons. The van der Waals surface area contributed by atoms with E-state index in [2.05, 4.69) is 38.1 Å². The zero-order valence-corrected chi connectivity index (χ0v) is 11.9. The van der Waals surface area contributed by atoms with Gasteiger partial charge in [-0.15, -0.1) is 0 Å². The van der Waals surface area contributed by atoms with Crippen LogP contribution in [0.15, 0.2) is 35.1 Å². The topological polar surface area (TPSA) is 47.0 Å². The van der Waals surface area contributed by atoms with Crippen LogP contribution >= 0.6 is 15.9 Å². The average molecular weight is 326 g/mol. The summed E-state index contributed by atoms with van der Waals surface area (Å²) in [6.45, 7) is 2.88. The predicted molar refractivity (Wildman–Crippen MR) is 75.0 cm³/mol. The normalized spacial score (nSPS) is 10.3. The molecule has 1 heterocycles. The van der Waals surface area contributed by atoms with E-state index < -0.39 is 0 Å². The molecule has 1 aromatic heterocycles. The lowest BCUT2D eigenvalue weighted by molar-refractivity contribution is 0.457. The van der Waals surface area contributed by atoms with E-state index in [1.807, 2.05) is 0 Å². The number of nitrogens with zero attached hydrogens (tertiary/aromatic N) is 2. The first-order valence-electron chi connectivity index (χ1n) is 5.88. The zero-order chi connectivity index (χ0) is 13.7. The number of hydrogen-bond acceptors (Lipinski definition) is 4. The fourth-order valence-corrected chi connectivity index (χ4v) is 1.83. The Balaban J connectivity index is 2.18. The lowest BCUT2D eigenvalue weighted by Gasteiger charge is -2.10. The van der Waals surface area contributed by atoms with Gasteiger partial charge in [-0.3, -0.25) is 0 Å². The molecule has 0 unspecified atom stereocenters. The summed E-state index contributed by atoms with van der Waals surface area (Å²) in [6.07, 6.45) is 2.41. The van der Waals surface area contributed by atoms with E-state index in [9.17, 15) is 4.39 Å². The van der Waals surface area contributed by atoms with Crippen LogP contribution in [0.4, 0.5) is 10.2 Å². The number of hydrogen-bond donors (Lipinski definition) is 1. The molecule has 0 bridgehead atoms. The van der Waals surface area contributed by atoms with E-state index in [1.165, 1.54) is 18.5 Å². The standard InChI is InChI=1S/C13H13BrFN3O/c1-2-7-16-12-11(14)13(18-8-17-12)19-10-5-3-9(15)4-6-10/h3-6,8H,2,7H2,1H3,(H,16,17,18). The lowest BCUT2D eigenvalue weighted by atomic mass is 10.3. The minimum Gasteiger partial charge on any atom is -0.438 e. The van der Waals surface area contributed by atoms with Gasteiger partial charge in [0, 0.05) is 6.54 Å². The summed E-state index contributed by atoms with van der Waals surface area (Å²) in [5, 5.41) is 3.16. The molecular formula is C13H13BrFN3O. The van der Waals surface area contributed by atoms with Gasteiger partial charge < -0.3 is 10.1 Å². The van der Waals surface area contributed by atoms with Crippen molar-refractivity contribution in [1.29, 1.82) is 0 Å². The molecule has 0 amide bonds. The molecule has 0 fully saturated rings. The molecule has 6 heteroatoms. The van der Waals surface area contributed by atoms with Crippen LogP contribution in [0.25, 0.3) is 0 Å². The molecule has 0 aliphatic carbocycles. The Labute approximate surface area is 119 Å². The molecule has 0 saturated heterocycles. The van der Waals surface area contributed by atoms with Crippen molar-refractivity contribution in [2.24, 2.45) is 0 Å². The van der Waals surface area contributed by atoms with E-state index in [4.69, 9.17) is 4.74 Å². The van der Waals surface area contributed by atoms with Gasteiger partial charge in [0.1, 0.15) is 28.2 Å². The van der Waals surface area contributed by atoms with Crippen molar-refractivity contribution in [2.75, 3.05) is 11.9 Å². The van der Waals surface area contributed by atoms with Gasteiger partial charge in [0.15, 0.2) is 0 Å². The monoisotopic (exact) mass is 325 g/mol. The van der Waals surface area contributed by atoms with Crippen molar-refractivity contribution in [1.82, 2.24) is 9.97 Å². The van der Waals surface area contributed by atoms with Crippen molar-refractivity contribution in [3.8, 4) is 11.6 Å². The number of ether oxygens (including phenoxy) is 1. The fraction of sp³-hybridized carbons (Fsp3) is 0.231. The molecule has 0 aliphatic heterocycles. The zero-order valence-electron chi connectivity index (χ0n) is 10.4. The van der Waals surface area contributed by atoms with Crippen LogP contribution in [0, 0.1) is 5.82 Å². The summed E-state index contributed by atoms with van der Waals surface area (Å²) in [4.78, 5) is 8.17. The molecule has 1 aromatic carbocycles. The Kier molecular flexibility index (Phi) is 4.68. The summed E-state index contributed by atoms with van der Waals surface area (Å²) in [6, 6.07) is 5.76. The highest BCUT2D eigenvalue weighted by Crippen LogP contribution is 2.31. The Hall–Kier alpha value is -1.69. The van der Waals surface area contributed by atoms with Gasteiger partial charge in [0.25, 0.3) is 0 Å². The average Bonchev–Trinajstić information content (AvgIpc) is 2.42. The number of rotatable bonds is 5. The summed E-state index contributed by atoms with van der Waals surface area (Å²) in [5.41, 5.74) is 0. The number of nitrogens with one attached hydrogen (secondary N) is 1. The molecule has 19 heavy (non-hydrogen) atoms. The fourth-order valence-electron chi connectivity index (χ4n) is 1.41.